The van der Waals surface area contributed by atoms with Crippen LogP contribution in [0.3, 0.4) is 0 Å². The smallest absolute Gasteiger partial charge is 0.115 e. The maximum Gasteiger partial charge on any atom is 0.115 e. The van der Waals surface area contributed by atoms with Gasteiger partial charge in [0.05, 0.1) is 6.17 Å². The van der Waals surface area contributed by atoms with E-state index in [1.165, 1.54) is 70.9 Å². The first kappa shape index (κ1) is 23.6. The van der Waals surface area contributed by atoms with E-state index in [4.69, 9.17) is 5.73 Å². The lowest BCUT2D eigenvalue weighted by molar-refractivity contribution is 0.0619. The first-order chi connectivity index (χ1) is 15.1. The van der Waals surface area contributed by atoms with E-state index in [0.717, 1.165) is 31.6 Å². The van der Waals surface area contributed by atoms with Gasteiger partial charge in [-0.25, -0.2) is 0 Å². The normalized spacial score (nSPS) is 38.9. The maximum absolute atomic E-state index is 6.28. The van der Waals surface area contributed by atoms with E-state index >= 15 is 0 Å². The molecule has 31 heavy (non-hydrogen) atoms. The molecule has 0 aromatic heterocycles. The van der Waals surface area contributed by atoms with Crippen molar-refractivity contribution in [3.05, 3.63) is 11.6 Å². The van der Waals surface area contributed by atoms with Crippen molar-refractivity contribution in [1.82, 2.24) is 31.1 Å². The summed E-state index contributed by atoms with van der Waals surface area (Å²) in [5.41, 5.74) is 7.94. The molecule has 0 spiro atoms. The molecule has 7 heteroatoms. The Labute approximate surface area is 189 Å². The van der Waals surface area contributed by atoms with Gasteiger partial charge in [-0.3, -0.25) is 31.1 Å². The summed E-state index contributed by atoms with van der Waals surface area (Å²) in [7, 11) is 0. The van der Waals surface area contributed by atoms with Crippen molar-refractivity contribution < 1.29 is 0 Å². The van der Waals surface area contributed by atoms with E-state index in [0.29, 0.717) is 6.04 Å². The lowest BCUT2D eigenvalue weighted by Crippen LogP contribution is -2.76. The van der Waals surface area contributed by atoms with Crippen LogP contribution in [-0.4, -0.2) is 73.4 Å². The van der Waals surface area contributed by atoms with E-state index in [2.05, 4.69) is 51.0 Å². The average molecular weight is 434 g/mol. The minimum absolute atomic E-state index is 0.0915. The van der Waals surface area contributed by atoms with Gasteiger partial charge in [0, 0.05) is 44.8 Å². The van der Waals surface area contributed by atoms with Gasteiger partial charge in [0.2, 0.25) is 0 Å². The fourth-order valence-electron chi connectivity index (χ4n) is 6.11. The number of hydrogen-bond acceptors (Lipinski definition) is 7. The Morgan fingerprint density at radius 1 is 0.968 bits per heavy atom. The Hall–Kier alpha value is -0.540. The van der Waals surface area contributed by atoms with E-state index < -0.39 is 0 Å². The van der Waals surface area contributed by atoms with Crippen molar-refractivity contribution >= 4 is 0 Å². The zero-order valence-electron chi connectivity index (χ0n) is 19.9. The SMILES string of the molecule is CC=C1CCC(N2CCN(CC3NC(N)NC(NC4CCC(CC)CC4)N3)CC2)CC1. The Kier molecular flexibility index (Phi) is 8.79. The highest BCUT2D eigenvalue weighted by Gasteiger charge is 2.31. The quantitative estimate of drug-likeness (QED) is 0.408. The average Bonchev–Trinajstić information content (AvgIpc) is 2.80. The van der Waals surface area contributed by atoms with Gasteiger partial charge in [-0.2, -0.15) is 0 Å². The van der Waals surface area contributed by atoms with Crippen LogP contribution in [0, 0.1) is 5.92 Å². The number of hydrogen-bond donors (Lipinski definition) is 5. The van der Waals surface area contributed by atoms with Crippen LogP contribution >= 0.6 is 0 Å². The molecule has 7 nitrogen and oxygen atoms in total. The third kappa shape index (κ3) is 6.73. The minimum atomic E-state index is -0.167. The molecule has 178 valence electrons. The minimum Gasteiger partial charge on any atom is -0.303 e. The van der Waals surface area contributed by atoms with Crippen molar-refractivity contribution in [2.75, 3.05) is 32.7 Å². The summed E-state index contributed by atoms with van der Waals surface area (Å²) < 4.78 is 0. The van der Waals surface area contributed by atoms with Crippen LogP contribution in [0.25, 0.3) is 0 Å². The standard InChI is InChI=1S/C24H47N7/c1-3-18-5-9-20(10-6-18)26-24-28-22(27-23(25)29-24)17-30-13-15-31(16-14-30)21-11-7-19(4-2)8-12-21/h4,18,20-24,26-29H,3,5-17,25H2,1-2H3. The molecule has 3 atom stereocenters. The molecule has 2 aliphatic carbocycles. The van der Waals surface area contributed by atoms with E-state index in [1.807, 2.05) is 0 Å². The van der Waals surface area contributed by atoms with Crippen molar-refractivity contribution in [2.24, 2.45) is 11.7 Å². The van der Waals surface area contributed by atoms with Crippen LogP contribution in [0.4, 0.5) is 0 Å². The molecule has 3 unspecified atom stereocenters. The van der Waals surface area contributed by atoms with Crippen LogP contribution in [0.1, 0.15) is 71.6 Å². The van der Waals surface area contributed by atoms with Crippen molar-refractivity contribution in [3.63, 3.8) is 0 Å². The molecule has 4 fully saturated rings. The Morgan fingerprint density at radius 2 is 1.68 bits per heavy atom. The van der Waals surface area contributed by atoms with Crippen molar-refractivity contribution in [2.45, 2.75) is 102 Å². The largest absolute Gasteiger partial charge is 0.303 e. The van der Waals surface area contributed by atoms with Gasteiger partial charge >= 0.3 is 0 Å². The van der Waals surface area contributed by atoms with Crippen LogP contribution in [0.15, 0.2) is 11.6 Å². The summed E-state index contributed by atoms with van der Waals surface area (Å²) in [6.07, 6.45) is 14.4. The molecule has 6 N–H and O–H groups in total. The molecule has 0 aromatic carbocycles. The molecule has 0 bridgehead atoms. The summed E-state index contributed by atoms with van der Waals surface area (Å²) >= 11 is 0. The molecule has 2 saturated carbocycles. The predicted molar refractivity (Wildman–Crippen MR) is 128 cm³/mol. The summed E-state index contributed by atoms with van der Waals surface area (Å²) in [6.45, 7) is 10.3. The fraction of sp³-hybridized carbons (Fsp3) is 0.917. The van der Waals surface area contributed by atoms with Crippen LogP contribution in [-0.2, 0) is 0 Å². The number of nitrogens with two attached hydrogens (primary N) is 1. The summed E-state index contributed by atoms with van der Waals surface area (Å²) in [5.74, 6) is 0.930. The maximum atomic E-state index is 6.28. The Morgan fingerprint density at radius 3 is 2.32 bits per heavy atom. The van der Waals surface area contributed by atoms with E-state index in [1.54, 1.807) is 5.57 Å². The molecule has 0 amide bonds. The second kappa shape index (κ2) is 11.5. The first-order valence-electron chi connectivity index (χ1n) is 13.0. The molecule has 0 radical (unpaired) electrons. The zero-order chi connectivity index (χ0) is 21.6. The van der Waals surface area contributed by atoms with Crippen LogP contribution in [0.5, 0.6) is 0 Å². The highest BCUT2D eigenvalue weighted by atomic mass is 15.5. The van der Waals surface area contributed by atoms with Gasteiger partial charge in [-0.1, -0.05) is 25.0 Å². The van der Waals surface area contributed by atoms with Gasteiger partial charge in [-0.15, -0.1) is 0 Å². The second-order valence-electron chi connectivity index (χ2n) is 10.3. The lowest BCUT2D eigenvalue weighted by atomic mass is 9.84. The van der Waals surface area contributed by atoms with Gasteiger partial charge in [0.1, 0.15) is 12.6 Å². The van der Waals surface area contributed by atoms with Crippen LogP contribution < -0.4 is 27.0 Å². The van der Waals surface area contributed by atoms with E-state index in [9.17, 15) is 0 Å². The summed E-state index contributed by atoms with van der Waals surface area (Å²) in [5, 5.41) is 14.4. The second-order valence-corrected chi connectivity index (χ2v) is 10.3. The van der Waals surface area contributed by atoms with Gasteiger partial charge < -0.3 is 5.73 Å². The predicted octanol–water partition coefficient (Wildman–Crippen LogP) is 1.69. The van der Waals surface area contributed by atoms with Crippen LogP contribution in [0.2, 0.25) is 0 Å². The third-order valence-electron chi connectivity index (χ3n) is 8.29. The summed E-state index contributed by atoms with van der Waals surface area (Å²) in [6, 6.07) is 1.40. The monoisotopic (exact) mass is 433 g/mol. The fourth-order valence-corrected chi connectivity index (χ4v) is 6.11. The third-order valence-corrected chi connectivity index (χ3v) is 8.29. The van der Waals surface area contributed by atoms with Gasteiger partial charge in [-0.05, 0) is 64.2 Å². The number of piperazine rings is 1. The Bertz CT molecular complexity index is 556. The van der Waals surface area contributed by atoms with E-state index in [-0.39, 0.29) is 18.7 Å². The molecule has 2 saturated heterocycles. The highest BCUT2D eigenvalue weighted by Crippen LogP contribution is 2.28. The van der Waals surface area contributed by atoms with Gasteiger partial charge in [0.15, 0.2) is 0 Å². The molecular formula is C24H47N7. The number of rotatable bonds is 6. The molecule has 4 aliphatic rings. The number of nitrogens with zero attached hydrogens (tertiary/aromatic N) is 2. The molecule has 2 aliphatic heterocycles. The van der Waals surface area contributed by atoms with Crippen molar-refractivity contribution in [3.8, 4) is 0 Å². The highest BCUT2D eigenvalue weighted by molar-refractivity contribution is 5.05. The molecular weight excluding hydrogens is 386 g/mol. The lowest BCUT2D eigenvalue weighted by Gasteiger charge is -2.44. The van der Waals surface area contributed by atoms with Gasteiger partial charge in [0.25, 0.3) is 0 Å². The number of nitrogens with one attached hydrogen (secondary N) is 4. The first-order valence-corrected chi connectivity index (χ1v) is 13.0. The molecule has 2 heterocycles. The number of allylic oxidation sites excluding steroid dienone is 2. The Balaban J connectivity index is 1.18. The summed E-state index contributed by atoms with van der Waals surface area (Å²) in [4.78, 5) is 5.35. The topological polar surface area (TPSA) is 80.6 Å². The zero-order valence-corrected chi connectivity index (χ0v) is 19.9. The molecule has 0 aromatic rings. The van der Waals surface area contributed by atoms with Crippen molar-refractivity contribution in [1.29, 1.82) is 0 Å². The molecule has 4 rings (SSSR count).